The van der Waals surface area contributed by atoms with Gasteiger partial charge in [-0.15, -0.1) is 0 Å². The summed E-state index contributed by atoms with van der Waals surface area (Å²) in [6.07, 6.45) is -3.67. The molecule has 0 N–H and O–H groups in total. The molecule has 1 atom stereocenters. The number of halogens is 3. The van der Waals surface area contributed by atoms with E-state index in [1.54, 1.807) is 29.2 Å². The number of alkyl halides is 3. The van der Waals surface area contributed by atoms with Crippen LogP contribution in [0.2, 0.25) is 0 Å². The molecule has 1 aromatic heterocycles. The van der Waals surface area contributed by atoms with Crippen molar-refractivity contribution in [3.8, 4) is 0 Å². The molecule has 2 aliphatic rings. The summed E-state index contributed by atoms with van der Waals surface area (Å²) >= 11 is 0. The summed E-state index contributed by atoms with van der Waals surface area (Å²) in [5.41, 5.74) is -1.37. The van der Waals surface area contributed by atoms with Crippen LogP contribution in [0.1, 0.15) is 34.1 Å². The summed E-state index contributed by atoms with van der Waals surface area (Å²) < 4.78 is 39.6. The number of carbonyl (C=O) groups is 2. The molecule has 28 heavy (non-hydrogen) atoms. The van der Waals surface area contributed by atoms with Gasteiger partial charge in [0, 0.05) is 30.4 Å². The molecule has 2 amide bonds. The maximum atomic E-state index is 13.0. The number of rotatable bonds is 2. The Bertz CT molecular complexity index is 1020. The third-order valence-electron chi connectivity index (χ3n) is 5.07. The van der Waals surface area contributed by atoms with Crippen LogP contribution in [0.15, 0.2) is 47.4 Å². The van der Waals surface area contributed by atoms with Gasteiger partial charge in [-0.2, -0.15) is 13.2 Å². The van der Waals surface area contributed by atoms with Gasteiger partial charge in [0.15, 0.2) is 0 Å². The zero-order valence-electron chi connectivity index (χ0n) is 14.6. The molecule has 0 bridgehead atoms. The smallest absolute Gasteiger partial charge is 0.316 e. The highest BCUT2D eigenvalue weighted by molar-refractivity contribution is 5.99. The van der Waals surface area contributed by atoms with Crippen molar-refractivity contribution in [2.45, 2.75) is 25.3 Å². The van der Waals surface area contributed by atoms with Crippen LogP contribution in [0.5, 0.6) is 0 Å². The van der Waals surface area contributed by atoms with E-state index in [-0.39, 0.29) is 5.91 Å². The van der Waals surface area contributed by atoms with Crippen LogP contribution in [0, 0.1) is 0 Å². The number of aromatic nitrogens is 1. The average molecular weight is 391 g/mol. The lowest BCUT2D eigenvalue weighted by Gasteiger charge is -2.40. The van der Waals surface area contributed by atoms with Gasteiger partial charge in [0.25, 0.3) is 11.5 Å². The molecule has 1 saturated heterocycles. The molecule has 6 nitrogen and oxygen atoms in total. The van der Waals surface area contributed by atoms with Crippen molar-refractivity contribution < 1.29 is 22.8 Å². The van der Waals surface area contributed by atoms with Crippen LogP contribution in [0.3, 0.4) is 0 Å². The highest BCUT2D eigenvalue weighted by atomic mass is 19.4. The minimum Gasteiger partial charge on any atom is -0.316 e. The number of carbonyl (C=O) groups excluding carboxylic acids is 2. The number of pyridine rings is 1. The molecule has 1 fully saturated rings. The van der Waals surface area contributed by atoms with Crippen molar-refractivity contribution in [2.75, 3.05) is 13.1 Å². The van der Waals surface area contributed by atoms with Crippen LogP contribution in [0.4, 0.5) is 13.2 Å². The second-order valence-corrected chi connectivity index (χ2v) is 6.75. The summed E-state index contributed by atoms with van der Waals surface area (Å²) in [5, 5.41) is 0. The fourth-order valence-corrected chi connectivity index (χ4v) is 3.82. The molecule has 0 radical (unpaired) electrons. The lowest BCUT2D eigenvalue weighted by Crippen LogP contribution is -2.50. The molecular weight excluding hydrogens is 375 g/mol. The third kappa shape index (κ3) is 2.87. The first-order valence-electron chi connectivity index (χ1n) is 8.75. The molecule has 1 aromatic carbocycles. The van der Waals surface area contributed by atoms with Gasteiger partial charge in [-0.05, 0) is 24.6 Å². The first-order valence-corrected chi connectivity index (χ1v) is 8.75. The van der Waals surface area contributed by atoms with E-state index in [1.807, 2.05) is 0 Å². The molecule has 0 aliphatic carbocycles. The Labute approximate surface area is 157 Å². The van der Waals surface area contributed by atoms with E-state index >= 15 is 0 Å². The Morgan fingerprint density at radius 2 is 1.82 bits per heavy atom. The van der Waals surface area contributed by atoms with Gasteiger partial charge in [-0.25, -0.2) is 0 Å². The Morgan fingerprint density at radius 3 is 2.57 bits per heavy atom. The molecule has 2 aromatic rings. The van der Waals surface area contributed by atoms with E-state index in [9.17, 15) is 27.6 Å². The zero-order chi connectivity index (χ0) is 20.1. The summed E-state index contributed by atoms with van der Waals surface area (Å²) in [6.45, 7) is 0.324. The van der Waals surface area contributed by atoms with Crippen molar-refractivity contribution in [3.05, 3.63) is 69.6 Å². The van der Waals surface area contributed by atoms with Crippen LogP contribution < -0.4 is 5.56 Å². The zero-order valence-corrected chi connectivity index (χ0v) is 14.6. The van der Waals surface area contributed by atoms with E-state index < -0.39 is 35.9 Å². The van der Waals surface area contributed by atoms with Crippen molar-refractivity contribution in [1.82, 2.24) is 14.4 Å². The van der Waals surface area contributed by atoms with Crippen molar-refractivity contribution >= 4 is 11.8 Å². The SMILES string of the molecule is O=C(Cn1cccc(C(F)(F)F)c1=O)N1CCCN2C(=O)c3ccccc3C12. The quantitative estimate of drug-likeness (QED) is 0.789. The lowest BCUT2D eigenvalue weighted by atomic mass is 10.1. The monoisotopic (exact) mass is 391 g/mol. The maximum Gasteiger partial charge on any atom is 0.421 e. The van der Waals surface area contributed by atoms with Crippen LogP contribution in [-0.4, -0.2) is 39.3 Å². The Hall–Kier alpha value is -3.10. The van der Waals surface area contributed by atoms with Gasteiger partial charge in [-0.1, -0.05) is 18.2 Å². The summed E-state index contributed by atoms with van der Waals surface area (Å²) in [4.78, 5) is 40.6. The first-order chi connectivity index (χ1) is 13.3. The topological polar surface area (TPSA) is 62.6 Å². The average Bonchev–Trinajstić information content (AvgIpc) is 2.95. The molecule has 1 unspecified atom stereocenters. The van der Waals surface area contributed by atoms with Gasteiger partial charge < -0.3 is 14.4 Å². The largest absolute Gasteiger partial charge is 0.421 e. The maximum absolute atomic E-state index is 13.0. The predicted octanol–water partition coefficient (Wildman–Crippen LogP) is 2.25. The fourth-order valence-electron chi connectivity index (χ4n) is 3.82. The summed E-state index contributed by atoms with van der Waals surface area (Å²) in [7, 11) is 0. The first kappa shape index (κ1) is 18.3. The Balaban J connectivity index is 1.65. The third-order valence-corrected chi connectivity index (χ3v) is 5.07. The minimum absolute atomic E-state index is 0.172. The molecule has 0 saturated carbocycles. The normalized spacial score (nSPS) is 18.8. The van der Waals surface area contributed by atoms with Crippen molar-refractivity contribution in [2.24, 2.45) is 0 Å². The lowest BCUT2D eigenvalue weighted by molar-refractivity contribution is -0.142. The van der Waals surface area contributed by atoms with E-state index in [1.165, 1.54) is 4.90 Å². The fraction of sp³-hybridized carbons (Fsp3) is 0.316. The molecule has 2 aliphatic heterocycles. The van der Waals surface area contributed by atoms with E-state index in [0.29, 0.717) is 36.7 Å². The predicted molar refractivity (Wildman–Crippen MR) is 92.3 cm³/mol. The molecule has 3 heterocycles. The summed E-state index contributed by atoms with van der Waals surface area (Å²) in [5.74, 6) is -0.685. The molecule has 0 spiro atoms. The Kier molecular flexibility index (Phi) is 4.24. The van der Waals surface area contributed by atoms with Gasteiger partial charge >= 0.3 is 6.18 Å². The van der Waals surface area contributed by atoms with Gasteiger partial charge in [0.2, 0.25) is 5.91 Å². The van der Waals surface area contributed by atoms with Crippen LogP contribution >= 0.6 is 0 Å². The van der Waals surface area contributed by atoms with Gasteiger partial charge in [0.1, 0.15) is 18.3 Å². The van der Waals surface area contributed by atoms with Crippen molar-refractivity contribution in [3.63, 3.8) is 0 Å². The summed E-state index contributed by atoms with van der Waals surface area (Å²) in [6, 6.07) is 8.75. The standard InChI is InChI=1S/C19H16F3N3O3/c20-19(21,22)14-7-3-8-23(18(14)28)11-15(26)24-9-4-10-25-16(24)12-5-1-2-6-13(12)17(25)27/h1-3,5-8,16H,4,9-11H2. The number of hydrogen-bond donors (Lipinski definition) is 0. The Morgan fingerprint density at radius 1 is 1.07 bits per heavy atom. The highest BCUT2D eigenvalue weighted by Gasteiger charge is 2.43. The number of fused-ring (bicyclic) bond motifs is 3. The second kappa shape index (κ2) is 6.50. The number of nitrogens with zero attached hydrogens (tertiary/aromatic N) is 3. The highest BCUT2D eigenvalue weighted by Crippen LogP contribution is 2.38. The molecule has 4 rings (SSSR count). The van der Waals surface area contributed by atoms with E-state index in [4.69, 9.17) is 0 Å². The molecule has 9 heteroatoms. The number of benzene rings is 1. The molecule has 146 valence electrons. The molecular formula is C19H16F3N3O3. The van der Waals surface area contributed by atoms with Crippen molar-refractivity contribution in [1.29, 1.82) is 0 Å². The van der Waals surface area contributed by atoms with Crippen LogP contribution in [-0.2, 0) is 17.5 Å². The number of amides is 2. The number of hydrogen-bond acceptors (Lipinski definition) is 3. The van der Waals surface area contributed by atoms with E-state index in [0.717, 1.165) is 16.8 Å². The van der Waals surface area contributed by atoms with Gasteiger partial charge in [-0.3, -0.25) is 14.4 Å². The second-order valence-electron chi connectivity index (χ2n) is 6.75. The minimum atomic E-state index is -4.79. The van der Waals surface area contributed by atoms with E-state index in [2.05, 4.69) is 0 Å². The van der Waals surface area contributed by atoms with Crippen LogP contribution in [0.25, 0.3) is 0 Å². The van der Waals surface area contributed by atoms with Gasteiger partial charge in [0.05, 0.1) is 0 Å².